The van der Waals surface area contributed by atoms with Gasteiger partial charge in [-0.2, -0.15) is 0 Å². The van der Waals surface area contributed by atoms with Crippen molar-refractivity contribution < 1.29 is 5.21 Å². The lowest BCUT2D eigenvalue weighted by Gasteiger charge is -2.21. The third-order valence-electron chi connectivity index (χ3n) is 2.96. The molecule has 1 aromatic heterocycles. The summed E-state index contributed by atoms with van der Waals surface area (Å²) in [6, 6.07) is 14.7. The van der Waals surface area contributed by atoms with Crippen molar-refractivity contribution in [3.8, 4) is 11.3 Å². The topological polar surface area (TPSA) is 71.5 Å². The lowest BCUT2D eigenvalue weighted by atomic mass is 10.2. The molecule has 0 spiro atoms. The van der Waals surface area contributed by atoms with Crippen LogP contribution in [0.5, 0.6) is 0 Å². The summed E-state index contributed by atoms with van der Waals surface area (Å²) in [5.41, 5.74) is 2.81. The van der Waals surface area contributed by atoms with Gasteiger partial charge in [0, 0.05) is 20.2 Å². The fraction of sp³-hybridized carbons (Fsp3) is 0. The molecule has 0 saturated heterocycles. The minimum atomic E-state index is -0.163. The number of hydrogen-bond donors (Lipinski definition) is 2. The smallest absolute Gasteiger partial charge is 0.187 e. The zero-order valence-corrected chi connectivity index (χ0v) is 14.2. The summed E-state index contributed by atoms with van der Waals surface area (Å²) in [6.45, 7) is 0. The van der Waals surface area contributed by atoms with Gasteiger partial charge in [0.15, 0.2) is 5.13 Å². The van der Waals surface area contributed by atoms with E-state index in [1.807, 2.05) is 29.6 Å². The molecule has 0 unspecified atom stereocenters. The molecule has 112 valence electrons. The van der Waals surface area contributed by atoms with Gasteiger partial charge in [-0.25, -0.2) is 4.98 Å². The van der Waals surface area contributed by atoms with E-state index in [1.165, 1.54) is 21.0 Å². The lowest BCUT2D eigenvalue weighted by molar-refractivity contribution is 0.296. The molecule has 1 heterocycles. The highest BCUT2D eigenvalue weighted by Gasteiger charge is 2.05. The number of hydrogen-bond acceptors (Lipinski definition) is 6. The average Bonchev–Trinajstić information content (AvgIpc) is 2.96. The first-order chi connectivity index (χ1) is 10.6. The Morgan fingerprint density at radius 2 is 1.95 bits per heavy atom. The van der Waals surface area contributed by atoms with Crippen LogP contribution in [-0.4, -0.2) is 10.2 Å². The first-order valence-electron chi connectivity index (χ1n) is 6.36. The number of anilines is 3. The Balaban J connectivity index is 1.79. The number of nitrogens with one attached hydrogen (secondary N) is 1. The molecule has 0 saturated carbocycles. The molecular formula is C15H11IN3O2S-. The average molecular weight is 424 g/mol. The van der Waals surface area contributed by atoms with Crippen LogP contribution in [0.15, 0.2) is 53.9 Å². The Morgan fingerprint density at radius 1 is 1.18 bits per heavy atom. The number of benzene rings is 2. The van der Waals surface area contributed by atoms with Crippen molar-refractivity contribution in [2.45, 2.75) is 0 Å². The van der Waals surface area contributed by atoms with Crippen molar-refractivity contribution in [2.24, 2.45) is 0 Å². The highest BCUT2D eigenvalue weighted by atomic mass is 127. The Morgan fingerprint density at radius 3 is 2.68 bits per heavy atom. The molecule has 5 nitrogen and oxygen atoms in total. The molecule has 3 aromatic rings. The van der Waals surface area contributed by atoms with Crippen LogP contribution >= 0.6 is 33.9 Å². The molecule has 22 heavy (non-hydrogen) atoms. The molecule has 0 radical (unpaired) electrons. The Bertz CT molecular complexity index is 774. The Hall–Kier alpha value is -1.68. The second-order valence-electron chi connectivity index (χ2n) is 4.49. The molecule has 0 amide bonds. The van der Waals surface area contributed by atoms with Crippen LogP contribution in [0.3, 0.4) is 0 Å². The van der Waals surface area contributed by atoms with Crippen molar-refractivity contribution in [3.63, 3.8) is 0 Å². The fourth-order valence-corrected chi connectivity index (χ4v) is 3.01. The SMILES string of the molecule is [O-]N(O)c1cccc(Nc2nc(-c3ccc(I)cc3)cs2)c1. The quantitative estimate of drug-likeness (QED) is 0.463. The molecule has 0 fully saturated rings. The number of halogens is 1. The predicted molar refractivity (Wildman–Crippen MR) is 97.6 cm³/mol. The van der Waals surface area contributed by atoms with Crippen LogP contribution in [0, 0.1) is 8.78 Å². The Labute approximate surface area is 144 Å². The third kappa shape index (κ3) is 3.55. The maximum atomic E-state index is 10.9. The van der Waals surface area contributed by atoms with Gasteiger partial charge in [-0.15, -0.1) is 11.3 Å². The van der Waals surface area contributed by atoms with Gasteiger partial charge in [0.05, 0.1) is 11.4 Å². The molecule has 2 aromatic carbocycles. The second-order valence-corrected chi connectivity index (χ2v) is 6.60. The van der Waals surface area contributed by atoms with Crippen LogP contribution < -0.4 is 10.5 Å². The minimum absolute atomic E-state index is 0.163. The van der Waals surface area contributed by atoms with E-state index >= 15 is 0 Å². The first-order valence-corrected chi connectivity index (χ1v) is 8.32. The summed E-state index contributed by atoms with van der Waals surface area (Å²) in [5, 5.41) is 25.5. The standard InChI is InChI=1S/C15H11IN3O2S/c16-11-6-4-10(5-7-11)14-9-22-15(18-14)17-12-2-1-3-13(8-12)19(20)21/h1-9,20H,(H,17,18)/q-1. The van der Waals surface area contributed by atoms with E-state index in [4.69, 9.17) is 5.21 Å². The normalized spacial score (nSPS) is 10.5. The number of nitrogens with zero attached hydrogens (tertiary/aromatic N) is 2. The second kappa shape index (κ2) is 6.61. The maximum Gasteiger partial charge on any atom is 0.187 e. The van der Waals surface area contributed by atoms with E-state index in [0.717, 1.165) is 16.4 Å². The highest BCUT2D eigenvalue weighted by Crippen LogP contribution is 2.28. The zero-order valence-electron chi connectivity index (χ0n) is 11.2. The summed E-state index contributed by atoms with van der Waals surface area (Å²) in [5.74, 6) is 0. The van der Waals surface area contributed by atoms with Gasteiger partial charge in [-0.3, -0.25) is 5.21 Å². The third-order valence-corrected chi connectivity index (χ3v) is 4.44. The van der Waals surface area contributed by atoms with Gasteiger partial charge in [0.1, 0.15) is 0 Å². The van der Waals surface area contributed by atoms with E-state index < -0.39 is 0 Å². The predicted octanol–water partition coefficient (Wildman–Crippen LogP) is 4.85. The first kappa shape index (κ1) is 15.2. The fourth-order valence-electron chi connectivity index (χ4n) is 1.91. The van der Waals surface area contributed by atoms with Crippen molar-refractivity contribution in [1.82, 2.24) is 4.98 Å². The molecule has 0 bridgehead atoms. The molecular weight excluding hydrogens is 413 g/mol. The van der Waals surface area contributed by atoms with Gasteiger partial charge < -0.3 is 15.8 Å². The van der Waals surface area contributed by atoms with Crippen molar-refractivity contribution in [3.05, 3.63) is 62.7 Å². The van der Waals surface area contributed by atoms with Crippen LogP contribution in [0.25, 0.3) is 11.3 Å². The van der Waals surface area contributed by atoms with E-state index in [9.17, 15) is 5.21 Å². The number of rotatable bonds is 4. The van der Waals surface area contributed by atoms with Crippen molar-refractivity contribution in [1.29, 1.82) is 0 Å². The van der Waals surface area contributed by atoms with Crippen LogP contribution in [0.4, 0.5) is 16.5 Å². The molecule has 0 aliphatic heterocycles. The molecule has 7 heteroatoms. The van der Waals surface area contributed by atoms with E-state index in [2.05, 4.69) is 32.9 Å². The van der Waals surface area contributed by atoms with Gasteiger partial charge in [0.25, 0.3) is 0 Å². The minimum Gasteiger partial charge on any atom is -0.733 e. The highest BCUT2D eigenvalue weighted by molar-refractivity contribution is 14.1. The van der Waals surface area contributed by atoms with E-state index in [0.29, 0.717) is 5.69 Å². The summed E-state index contributed by atoms with van der Waals surface area (Å²) in [4.78, 5) is 4.53. The van der Waals surface area contributed by atoms with Gasteiger partial charge >= 0.3 is 0 Å². The molecule has 0 aliphatic rings. The summed E-state index contributed by atoms with van der Waals surface area (Å²) in [7, 11) is 0. The largest absolute Gasteiger partial charge is 0.733 e. The van der Waals surface area contributed by atoms with Crippen LogP contribution in [0.1, 0.15) is 0 Å². The monoisotopic (exact) mass is 424 g/mol. The molecule has 2 N–H and O–H groups in total. The molecule has 0 aliphatic carbocycles. The number of thiazole rings is 1. The van der Waals surface area contributed by atoms with E-state index in [1.54, 1.807) is 18.2 Å². The van der Waals surface area contributed by atoms with Gasteiger partial charge in [-0.1, -0.05) is 18.2 Å². The van der Waals surface area contributed by atoms with E-state index in [-0.39, 0.29) is 10.9 Å². The lowest BCUT2D eigenvalue weighted by Crippen LogP contribution is -2.06. The molecule has 3 rings (SSSR count). The van der Waals surface area contributed by atoms with Gasteiger partial charge in [-0.05, 0) is 52.9 Å². The van der Waals surface area contributed by atoms with Gasteiger partial charge in [0.2, 0.25) is 0 Å². The molecule has 0 atom stereocenters. The summed E-state index contributed by atoms with van der Waals surface area (Å²) >= 11 is 3.74. The van der Waals surface area contributed by atoms with Crippen molar-refractivity contribution >= 4 is 50.4 Å². The summed E-state index contributed by atoms with van der Waals surface area (Å²) < 4.78 is 1.18. The Kier molecular flexibility index (Phi) is 4.57. The van der Waals surface area contributed by atoms with Crippen LogP contribution in [0.2, 0.25) is 0 Å². The van der Waals surface area contributed by atoms with Crippen LogP contribution in [-0.2, 0) is 0 Å². The summed E-state index contributed by atoms with van der Waals surface area (Å²) in [6.07, 6.45) is 0. The zero-order chi connectivity index (χ0) is 15.5. The maximum absolute atomic E-state index is 10.9. The van der Waals surface area contributed by atoms with Crippen molar-refractivity contribution in [2.75, 3.05) is 10.5 Å². The number of aromatic nitrogens is 1.